The number of carbonyl (C=O) groups is 15. The number of carbonyl (C=O) groups excluding carboxylic acids is 13. The van der Waals surface area contributed by atoms with E-state index in [1.54, 1.807) is 60.7 Å². The fraction of sp³-hybridized carbons (Fsp3) is 0.444. The summed E-state index contributed by atoms with van der Waals surface area (Å²) >= 11 is 0. The molecule has 101 heavy (non-hydrogen) atoms. The number of primary amides is 1. The summed E-state index contributed by atoms with van der Waals surface area (Å²) in [5.41, 5.74) is 39.3. The van der Waals surface area contributed by atoms with Crippen molar-refractivity contribution in [1.29, 1.82) is 0 Å². The summed E-state index contributed by atoms with van der Waals surface area (Å²) < 4.78 is 0. The van der Waals surface area contributed by atoms with Crippen LogP contribution >= 0.6 is 0 Å². The lowest BCUT2D eigenvalue weighted by molar-refractivity contribution is -0.143. The Balaban J connectivity index is 1.18. The molecular formula is C63H87N21O17. The normalized spacial score (nSPS) is 15.5. The zero-order chi connectivity index (χ0) is 74.3. The summed E-state index contributed by atoms with van der Waals surface area (Å²) in [4.78, 5) is 208. The molecule has 0 radical (unpaired) electrons. The molecule has 0 aliphatic carbocycles. The van der Waals surface area contributed by atoms with Crippen molar-refractivity contribution in [2.24, 2.45) is 50.1 Å². The first-order valence-corrected chi connectivity index (χ1v) is 32.1. The quantitative estimate of drug-likeness (QED) is 0.0143. The van der Waals surface area contributed by atoms with Crippen LogP contribution in [-0.2, 0) is 80.0 Å². The lowest BCUT2D eigenvalue weighted by atomic mass is 10.0. The maximum atomic E-state index is 14.4. The van der Waals surface area contributed by atoms with Crippen molar-refractivity contribution in [3.63, 3.8) is 0 Å². The third kappa shape index (κ3) is 27.5. The summed E-state index contributed by atoms with van der Waals surface area (Å²) in [6.45, 7) is -2.38. The van der Waals surface area contributed by atoms with Gasteiger partial charge in [0.15, 0.2) is 11.9 Å². The van der Waals surface area contributed by atoms with Crippen LogP contribution in [-0.4, -0.2) is 221 Å². The number of nitrogens with two attached hydrogens (primary N) is 7. The molecule has 5 rings (SSSR count). The highest BCUT2D eigenvalue weighted by Crippen LogP contribution is 2.23. The maximum absolute atomic E-state index is 14.4. The van der Waals surface area contributed by atoms with Gasteiger partial charge in [0.05, 0.1) is 51.1 Å². The van der Waals surface area contributed by atoms with E-state index >= 15 is 0 Å². The van der Waals surface area contributed by atoms with Crippen LogP contribution in [0.2, 0.25) is 0 Å². The minimum Gasteiger partial charge on any atom is -0.481 e. The van der Waals surface area contributed by atoms with E-state index in [4.69, 9.17) is 40.1 Å². The molecule has 13 amide bonds. The fourth-order valence-electron chi connectivity index (χ4n) is 10.7. The molecule has 3 aromatic carbocycles. The van der Waals surface area contributed by atoms with E-state index in [2.05, 4.69) is 63.2 Å². The molecule has 546 valence electrons. The number of benzene rings is 3. The summed E-state index contributed by atoms with van der Waals surface area (Å²) in [6, 6.07) is 9.43. The molecular weight excluding hydrogens is 1320 g/mol. The number of nitrogens with zero attached hydrogens (tertiary/aromatic N) is 4. The van der Waals surface area contributed by atoms with Gasteiger partial charge in [0.25, 0.3) is 0 Å². The highest BCUT2D eigenvalue weighted by molar-refractivity contribution is 6.03. The number of anilines is 2. The SMILES string of the molecule is NC(=O)c1cc(NC(=O)CNC(=O)[C@H]2CCCN2C(=O)[C@@H](Cc2ccccc2)NC(=O)[C@@H](CC(=O)O)NC(=O)CNC(=O)[C@H](N)CCCN=C(N)N)cc(NC(=O)CNC(=O)[C@@H]2CCCN2C(=O)[C@H](Cc2ccccc2)NC(=O)[C@H](CC(=O)O)NC(=O)CNC(=O)[C@@H](N)CCCN=C(N)N)c1. The molecule has 0 unspecified atom stereocenters. The minimum absolute atomic E-state index is 0.0173. The lowest BCUT2D eigenvalue weighted by Gasteiger charge is -2.30. The van der Waals surface area contributed by atoms with Gasteiger partial charge in [-0.3, -0.25) is 81.9 Å². The zero-order valence-corrected chi connectivity index (χ0v) is 55.1. The predicted molar refractivity (Wildman–Crippen MR) is 362 cm³/mol. The van der Waals surface area contributed by atoms with Gasteiger partial charge in [-0.05, 0) is 80.7 Å². The number of carboxylic acids is 2. The number of guanidine groups is 2. The van der Waals surface area contributed by atoms with E-state index in [-0.39, 0.29) is 93.6 Å². The third-order valence-corrected chi connectivity index (χ3v) is 15.6. The Bertz CT molecular complexity index is 3340. The van der Waals surface area contributed by atoms with Gasteiger partial charge in [0, 0.05) is 56.0 Å². The monoisotopic (exact) mass is 1410 g/mol. The number of aliphatic imine (C=N–C) groups is 2. The molecule has 2 saturated heterocycles. The van der Waals surface area contributed by atoms with Gasteiger partial charge in [-0.25, -0.2) is 0 Å². The highest BCUT2D eigenvalue weighted by Gasteiger charge is 2.41. The Morgan fingerprint density at radius 1 is 0.465 bits per heavy atom. The molecule has 0 aromatic heterocycles. The Hall–Kier alpha value is -11.8. The molecule has 2 fully saturated rings. The minimum atomic E-state index is -1.75. The summed E-state index contributed by atoms with van der Waals surface area (Å²) in [5.74, 6) is -14.6. The first-order valence-electron chi connectivity index (χ1n) is 32.1. The van der Waals surface area contributed by atoms with E-state index in [0.29, 0.717) is 36.8 Å². The molecule has 3 aromatic rings. The Morgan fingerprint density at radius 3 is 1.18 bits per heavy atom. The van der Waals surface area contributed by atoms with Crippen molar-refractivity contribution in [3.8, 4) is 0 Å². The van der Waals surface area contributed by atoms with Crippen LogP contribution < -0.4 is 93.3 Å². The summed E-state index contributed by atoms with van der Waals surface area (Å²) in [6.07, 6.45) is -0.382. The van der Waals surface area contributed by atoms with Crippen molar-refractivity contribution < 1.29 is 82.1 Å². The van der Waals surface area contributed by atoms with E-state index < -0.39 is 176 Å². The van der Waals surface area contributed by atoms with Gasteiger partial charge in [-0.1, -0.05) is 60.7 Å². The van der Waals surface area contributed by atoms with Gasteiger partial charge >= 0.3 is 11.9 Å². The van der Waals surface area contributed by atoms with Gasteiger partial charge in [0.1, 0.15) is 36.3 Å². The van der Waals surface area contributed by atoms with Crippen molar-refractivity contribution in [2.45, 2.75) is 125 Å². The lowest BCUT2D eigenvalue weighted by Crippen LogP contribution is -2.58. The second-order valence-corrected chi connectivity index (χ2v) is 23.6. The molecule has 0 spiro atoms. The van der Waals surface area contributed by atoms with Crippen molar-refractivity contribution in [3.05, 3.63) is 95.6 Å². The van der Waals surface area contributed by atoms with E-state index in [1.807, 2.05) is 0 Å². The topological polar surface area (TPSA) is 630 Å². The number of amides is 13. The molecule has 38 heteroatoms. The van der Waals surface area contributed by atoms with Crippen LogP contribution in [0.25, 0.3) is 0 Å². The summed E-state index contributed by atoms with van der Waals surface area (Å²) in [7, 11) is 0. The highest BCUT2D eigenvalue weighted by atomic mass is 16.4. The van der Waals surface area contributed by atoms with Crippen LogP contribution in [0.4, 0.5) is 11.4 Å². The first-order chi connectivity index (χ1) is 48.0. The smallest absolute Gasteiger partial charge is 0.305 e. The second kappa shape index (κ2) is 40.2. The Labute approximate surface area is 578 Å². The van der Waals surface area contributed by atoms with Crippen LogP contribution in [0.3, 0.4) is 0 Å². The number of rotatable bonds is 39. The fourth-order valence-corrected chi connectivity index (χ4v) is 10.7. The number of hydrogen-bond acceptors (Lipinski definition) is 19. The van der Waals surface area contributed by atoms with Crippen LogP contribution in [0, 0.1) is 0 Å². The van der Waals surface area contributed by atoms with Gasteiger partial charge in [0.2, 0.25) is 76.8 Å². The summed E-state index contributed by atoms with van der Waals surface area (Å²) in [5, 5.41) is 43.5. The predicted octanol–water partition coefficient (Wildman–Crippen LogP) is -6.75. The average molecular weight is 1410 g/mol. The number of nitrogens with one attached hydrogen (secondary N) is 10. The third-order valence-electron chi connectivity index (χ3n) is 15.6. The molecule has 8 atom stereocenters. The molecule has 38 nitrogen and oxygen atoms in total. The molecule has 26 N–H and O–H groups in total. The average Bonchev–Trinajstić information content (AvgIpc) is 1.77. The van der Waals surface area contributed by atoms with Gasteiger partial charge < -0.3 is 113 Å². The molecule has 2 heterocycles. The van der Waals surface area contributed by atoms with Gasteiger partial charge in [-0.2, -0.15) is 0 Å². The van der Waals surface area contributed by atoms with Crippen LogP contribution in [0.5, 0.6) is 0 Å². The second-order valence-electron chi connectivity index (χ2n) is 23.6. The first kappa shape index (κ1) is 79.9. The molecule has 0 saturated carbocycles. The molecule has 2 aliphatic rings. The largest absolute Gasteiger partial charge is 0.481 e. The van der Waals surface area contributed by atoms with Crippen molar-refractivity contribution in [2.75, 3.05) is 63.0 Å². The maximum Gasteiger partial charge on any atom is 0.305 e. The van der Waals surface area contributed by atoms with E-state index in [0.717, 1.165) is 0 Å². The number of hydrogen-bond donors (Lipinski definition) is 19. The zero-order valence-electron chi connectivity index (χ0n) is 55.1. The van der Waals surface area contributed by atoms with Crippen molar-refractivity contribution >= 4 is 112 Å². The number of likely N-dealkylation sites (tertiary alicyclic amines) is 2. The number of aliphatic carboxylic acids is 2. The van der Waals surface area contributed by atoms with Crippen LogP contribution in [0.15, 0.2) is 88.8 Å². The standard InChI is InChI=1S/C63H87N21O17/c64-39(15-7-19-71-62(67)68)54(94)73-32-49(87)79-41(28-51(89)90)56(96)81-43(23-34-11-3-1-4-12-34)60(100)83-21-9-17-45(83)58(98)75-30-47(85)77-37-25-36(53(66)93)26-38(27-37)78-48(86)31-76-59(99)46-18-10-22-84(46)61(101)44(24-35-13-5-2-6-14-35)82-57(97)42(29-52(91)92)80-50(88)33-74-55(95)40(65)16-8-20-72-63(69)70/h1-6,11-14,25-27,39-46H,7-10,15-24,28-33,64-65H2,(H2,66,93)(H,73,94)(H,74,95)(H,75,98)(H,76,99)(H,77,85)(H,78,86)(H,79,87)(H,80,88)(H,81,96)(H,82,97)(H,89,90)(H,91,92)(H4,67,68,71)(H4,69,70,72)/t39-,40+,41-,42+,43-,44+,45-,46+. The Morgan fingerprint density at radius 2 is 0.832 bits per heavy atom. The van der Waals surface area contributed by atoms with E-state index in [1.165, 1.54) is 28.0 Å². The van der Waals surface area contributed by atoms with E-state index in [9.17, 15) is 82.1 Å². The molecule has 0 bridgehead atoms. The van der Waals surface area contributed by atoms with Crippen molar-refractivity contribution in [1.82, 2.24) is 52.3 Å². The van der Waals surface area contributed by atoms with Crippen LogP contribution in [0.1, 0.15) is 85.7 Å². The Kier molecular flexibility index (Phi) is 31.7. The number of carboxylic acid groups (broad SMARTS) is 2. The van der Waals surface area contributed by atoms with Gasteiger partial charge in [-0.15, -0.1) is 0 Å². The molecule has 2 aliphatic heterocycles.